The summed E-state index contributed by atoms with van der Waals surface area (Å²) in [5.74, 6) is -2.71. The van der Waals surface area contributed by atoms with Crippen LogP contribution >= 0.6 is 11.8 Å². The monoisotopic (exact) mass is 354 g/mol. The second-order valence-electron chi connectivity index (χ2n) is 5.52. The van der Waals surface area contributed by atoms with Crippen molar-refractivity contribution in [2.24, 2.45) is 0 Å². The van der Waals surface area contributed by atoms with Gasteiger partial charge < -0.3 is 0 Å². The number of thioether (sulfide) groups is 1. The van der Waals surface area contributed by atoms with Crippen molar-refractivity contribution < 1.29 is 17.2 Å². The van der Waals surface area contributed by atoms with Crippen molar-refractivity contribution in [2.45, 2.75) is 40.6 Å². The molecule has 0 bridgehead atoms. The largest absolute Gasteiger partial charge is 0.341 e. The number of rotatable bonds is 5. The maximum Gasteiger partial charge on any atom is 0.341 e. The topological polar surface area (TPSA) is 34.1 Å². The minimum Gasteiger partial charge on any atom is -0.218 e. The lowest BCUT2D eigenvalue weighted by molar-refractivity contribution is 0.234. The fraction of sp³-hybridized carbons (Fsp3) is 0.294. The number of hydrogen-bond acceptors (Lipinski definition) is 3. The Morgan fingerprint density at radius 1 is 1.00 bits per heavy atom. The Bertz CT molecular complexity index is 800. The summed E-state index contributed by atoms with van der Waals surface area (Å²) in [6, 6.07) is 12.2. The molecule has 122 valence electrons. The van der Waals surface area contributed by atoms with Gasteiger partial charge in [0.25, 0.3) is 0 Å². The minimum absolute atomic E-state index is 0.334. The number of sulfone groups is 1. The number of halogens is 2. The van der Waals surface area contributed by atoms with E-state index in [1.54, 1.807) is 23.9 Å². The van der Waals surface area contributed by atoms with Crippen LogP contribution in [0.1, 0.15) is 23.1 Å². The Morgan fingerprint density at radius 2 is 1.70 bits per heavy atom. The normalized spacial score (nSPS) is 14.2. The molecule has 0 amide bonds. The van der Waals surface area contributed by atoms with E-state index in [1.807, 2.05) is 0 Å². The molecule has 0 saturated carbocycles. The Kier molecular flexibility index (Phi) is 4.73. The van der Waals surface area contributed by atoms with Crippen molar-refractivity contribution in [1.29, 1.82) is 0 Å². The summed E-state index contributed by atoms with van der Waals surface area (Å²) in [7, 11) is -4.51. The Morgan fingerprint density at radius 3 is 2.39 bits per heavy atom. The highest BCUT2D eigenvalue weighted by molar-refractivity contribution is 7.98. The van der Waals surface area contributed by atoms with E-state index in [-0.39, 0.29) is 4.90 Å². The maximum absolute atomic E-state index is 12.5. The summed E-state index contributed by atoms with van der Waals surface area (Å²) >= 11 is 1.66. The molecular weight excluding hydrogens is 338 g/mol. The molecule has 2 aromatic rings. The van der Waals surface area contributed by atoms with Crippen molar-refractivity contribution >= 4 is 21.6 Å². The van der Waals surface area contributed by atoms with Gasteiger partial charge in [-0.2, -0.15) is 8.78 Å². The molecule has 0 spiro atoms. The molecule has 3 rings (SSSR count). The van der Waals surface area contributed by atoms with E-state index in [1.165, 1.54) is 34.6 Å². The fourth-order valence-electron chi connectivity index (χ4n) is 2.68. The van der Waals surface area contributed by atoms with Gasteiger partial charge in [0.05, 0.1) is 4.90 Å². The fourth-order valence-corrected chi connectivity index (χ4v) is 4.32. The summed E-state index contributed by atoms with van der Waals surface area (Å²) < 4.78 is 47.7. The van der Waals surface area contributed by atoms with E-state index in [2.05, 4.69) is 18.2 Å². The van der Waals surface area contributed by atoms with Gasteiger partial charge in [0.1, 0.15) is 0 Å². The minimum atomic E-state index is -4.51. The van der Waals surface area contributed by atoms with Crippen molar-refractivity contribution in [3.05, 3.63) is 59.2 Å². The van der Waals surface area contributed by atoms with Gasteiger partial charge in [-0.3, -0.25) is 0 Å². The van der Waals surface area contributed by atoms with Gasteiger partial charge in [0, 0.05) is 10.6 Å². The van der Waals surface area contributed by atoms with Gasteiger partial charge in [-0.05, 0) is 60.2 Å². The van der Waals surface area contributed by atoms with E-state index >= 15 is 0 Å². The van der Waals surface area contributed by atoms with Gasteiger partial charge in [-0.1, -0.05) is 18.2 Å². The molecule has 0 radical (unpaired) electrons. The van der Waals surface area contributed by atoms with E-state index in [4.69, 9.17) is 0 Å². The number of benzene rings is 2. The highest BCUT2D eigenvalue weighted by Gasteiger charge is 2.26. The average molecular weight is 354 g/mol. The van der Waals surface area contributed by atoms with Crippen molar-refractivity contribution in [3.8, 4) is 0 Å². The van der Waals surface area contributed by atoms with E-state index in [9.17, 15) is 17.2 Å². The van der Waals surface area contributed by atoms with Crippen LogP contribution in [0.4, 0.5) is 8.78 Å². The molecule has 0 heterocycles. The second kappa shape index (κ2) is 6.61. The van der Waals surface area contributed by atoms with Crippen LogP contribution in [0, 0.1) is 0 Å². The molecule has 1 aliphatic carbocycles. The third-order valence-electron chi connectivity index (χ3n) is 3.96. The lowest BCUT2D eigenvalue weighted by atomic mass is 10.1. The van der Waals surface area contributed by atoms with Gasteiger partial charge >= 0.3 is 5.76 Å². The van der Waals surface area contributed by atoms with Crippen LogP contribution in [0.3, 0.4) is 0 Å². The molecule has 6 heteroatoms. The molecular formula is C17H16F2O2S2. The molecule has 0 aromatic heterocycles. The third-order valence-corrected chi connectivity index (χ3v) is 6.43. The third kappa shape index (κ3) is 3.58. The Labute approximate surface area is 138 Å². The first kappa shape index (κ1) is 16.5. The standard InChI is InChI=1S/C17H16F2O2S2/c18-17(19)23(20,21)16-8-4-12(5-9-16)11-22-15-7-6-13-2-1-3-14(13)10-15/h4-10,17H,1-3,11H2. The molecule has 0 aliphatic heterocycles. The quantitative estimate of drug-likeness (QED) is 0.743. The Balaban J connectivity index is 1.67. The summed E-state index contributed by atoms with van der Waals surface area (Å²) in [5, 5.41) is 0. The van der Waals surface area contributed by atoms with Crippen molar-refractivity contribution in [2.75, 3.05) is 0 Å². The zero-order chi connectivity index (χ0) is 16.4. The van der Waals surface area contributed by atoms with Crippen LogP contribution < -0.4 is 0 Å². The van der Waals surface area contributed by atoms with E-state index in [0.717, 1.165) is 18.4 Å². The van der Waals surface area contributed by atoms with E-state index < -0.39 is 15.6 Å². The SMILES string of the molecule is O=S(=O)(c1ccc(CSc2ccc3c(c2)CCC3)cc1)C(F)F. The van der Waals surface area contributed by atoms with Crippen LogP contribution in [0.5, 0.6) is 0 Å². The highest BCUT2D eigenvalue weighted by atomic mass is 32.2. The lowest BCUT2D eigenvalue weighted by Crippen LogP contribution is -2.11. The van der Waals surface area contributed by atoms with Crippen LogP contribution in [0.15, 0.2) is 52.3 Å². The summed E-state index contributed by atoms with van der Waals surface area (Å²) in [6.45, 7) is 0. The highest BCUT2D eigenvalue weighted by Crippen LogP contribution is 2.29. The van der Waals surface area contributed by atoms with E-state index in [0.29, 0.717) is 5.75 Å². The first-order chi connectivity index (χ1) is 11.0. The predicted molar refractivity (Wildman–Crippen MR) is 87.7 cm³/mol. The molecule has 0 unspecified atom stereocenters. The average Bonchev–Trinajstić information content (AvgIpc) is 3.00. The molecule has 0 N–H and O–H groups in total. The first-order valence-electron chi connectivity index (χ1n) is 7.32. The summed E-state index contributed by atoms with van der Waals surface area (Å²) in [6.07, 6.45) is 3.49. The van der Waals surface area contributed by atoms with Crippen LogP contribution in [-0.4, -0.2) is 14.2 Å². The van der Waals surface area contributed by atoms with Crippen molar-refractivity contribution in [3.63, 3.8) is 0 Å². The summed E-state index contributed by atoms with van der Waals surface area (Å²) in [4.78, 5) is 0.841. The lowest BCUT2D eigenvalue weighted by Gasteiger charge is -2.07. The van der Waals surface area contributed by atoms with Gasteiger partial charge in [-0.25, -0.2) is 8.42 Å². The first-order valence-corrected chi connectivity index (χ1v) is 9.85. The maximum atomic E-state index is 12.5. The predicted octanol–water partition coefficient (Wildman–Crippen LogP) is 4.46. The molecule has 2 aromatic carbocycles. The van der Waals surface area contributed by atoms with Gasteiger partial charge in [0.15, 0.2) is 0 Å². The molecule has 0 saturated heterocycles. The van der Waals surface area contributed by atoms with Crippen molar-refractivity contribution in [1.82, 2.24) is 0 Å². The second-order valence-corrected chi connectivity index (χ2v) is 8.49. The zero-order valence-electron chi connectivity index (χ0n) is 12.3. The van der Waals surface area contributed by atoms with Gasteiger partial charge in [0.2, 0.25) is 9.84 Å². The number of aryl methyl sites for hydroxylation is 2. The summed E-state index contributed by atoms with van der Waals surface area (Å²) in [5.41, 5.74) is 3.74. The smallest absolute Gasteiger partial charge is 0.218 e. The van der Waals surface area contributed by atoms with Gasteiger partial charge in [-0.15, -0.1) is 11.8 Å². The van der Waals surface area contributed by atoms with Crippen LogP contribution in [0.2, 0.25) is 0 Å². The number of fused-ring (bicyclic) bond motifs is 1. The van der Waals surface area contributed by atoms with Crippen LogP contribution in [-0.2, 0) is 28.4 Å². The number of hydrogen-bond donors (Lipinski definition) is 0. The molecule has 0 fully saturated rings. The molecule has 2 nitrogen and oxygen atoms in total. The van der Waals surface area contributed by atoms with Crippen LogP contribution in [0.25, 0.3) is 0 Å². The molecule has 0 atom stereocenters. The Hall–Kier alpha value is -1.40. The zero-order valence-corrected chi connectivity index (χ0v) is 14.0. The molecule has 1 aliphatic rings. The molecule has 23 heavy (non-hydrogen) atoms. The number of alkyl halides is 2.